The van der Waals surface area contributed by atoms with Crippen molar-refractivity contribution >= 4 is 0 Å². The highest BCUT2D eigenvalue weighted by Crippen LogP contribution is 2.14. The smallest absolute Gasteiger partial charge is 0.138 e. The standard InChI is InChI=1S/C18H24N2O/c1-13(2)19-10-17-5-6-18(11-20-17)21-12-16-8-14(3)7-15(4)9-16/h5-9,11,13,19H,10,12H2,1-4H3. The lowest BCUT2D eigenvalue weighted by molar-refractivity contribution is 0.304. The van der Waals surface area contributed by atoms with Crippen LogP contribution in [0.5, 0.6) is 5.75 Å². The second kappa shape index (κ2) is 7.23. The van der Waals surface area contributed by atoms with E-state index in [1.807, 2.05) is 12.1 Å². The SMILES string of the molecule is Cc1cc(C)cc(COc2ccc(CNC(C)C)nc2)c1. The first-order valence-corrected chi connectivity index (χ1v) is 7.41. The fourth-order valence-corrected chi connectivity index (χ4v) is 2.23. The molecule has 3 heteroatoms. The maximum atomic E-state index is 5.80. The summed E-state index contributed by atoms with van der Waals surface area (Å²) in [4.78, 5) is 4.41. The van der Waals surface area contributed by atoms with Gasteiger partial charge in [-0.25, -0.2) is 0 Å². The van der Waals surface area contributed by atoms with Crippen molar-refractivity contribution in [1.29, 1.82) is 0 Å². The summed E-state index contributed by atoms with van der Waals surface area (Å²) in [6, 6.07) is 10.9. The van der Waals surface area contributed by atoms with Gasteiger partial charge in [0, 0.05) is 12.6 Å². The van der Waals surface area contributed by atoms with Gasteiger partial charge in [0.05, 0.1) is 11.9 Å². The number of hydrogen-bond donors (Lipinski definition) is 1. The summed E-state index contributed by atoms with van der Waals surface area (Å²) in [7, 11) is 0. The molecule has 0 aliphatic carbocycles. The number of pyridine rings is 1. The van der Waals surface area contributed by atoms with Crippen LogP contribution in [0.4, 0.5) is 0 Å². The van der Waals surface area contributed by atoms with Crippen molar-refractivity contribution in [3.63, 3.8) is 0 Å². The van der Waals surface area contributed by atoms with Gasteiger partial charge < -0.3 is 10.1 Å². The van der Waals surface area contributed by atoms with Gasteiger partial charge >= 0.3 is 0 Å². The Morgan fingerprint density at radius 1 is 1.10 bits per heavy atom. The van der Waals surface area contributed by atoms with Crippen LogP contribution in [0.25, 0.3) is 0 Å². The van der Waals surface area contributed by atoms with Crippen LogP contribution >= 0.6 is 0 Å². The van der Waals surface area contributed by atoms with Crippen molar-refractivity contribution < 1.29 is 4.74 Å². The second-order valence-electron chi connectivity index (χ2n) is 5.81. The quantitative estimate of drug-likeness (QED) is 0.876. The predicted octanol–water partition coefficient (Wildman–Crippen LogP) is 3.78. The highest BCUT2D eigenvalue weighted by molar-refractivity contribution is 5.29. The highest BCUT2D eigenvalue weighted by Gasteiger charge is 2.01. The number of hydrogen-bond acceptors (Lipinski definition) is 3. The molecule has 0 bridgehead atoms. The summed E-state index contributed by atoms with van der Waals surface area (Å²) >= 11 is 0. The van der Waals surface area contributed by atoms with Gasteiger partial charge in [0.1, 0.15) is 12.4 Å². The molecule has 0 amide bonds. The Morgan fingerprint density at radius 2 is 1.81 bits per heavy atom. The molecule has 1 heterocycles. The maximum Gasteiger partial charge on any atom is 0.138 e. The molecule has 1 N–H and O–H groups in total. The van der Waals surface area contributed by atoms with Crippen LogP contribution in [0.1, 0.15) is 36.2 Å². The first-order valence-electron chi connectivity index (χ1n) is 7.41. The molecule has 3 nitrogen and oxygen atoms in total. The minimum absolute atomic E-state index is 0.465. The predicted molar refractivity (Wildman–Crippen MR) is 86.5 cm³/mol. The van der Waals surface area contributed by atoms with Gasteiger partial charge in [0.25, 0.3) is 0 Å². The molecule has 0 saturated carbocycles. The Kier molecular flexibility index (Phi) is 5.34. The number of rotatable bonds is 6. The molecule has 0 radical (unpaired) electrons. The molecule has 0 aliphatic rings. The van der Waals surface area contributed by atoms with E-state index < -0.39 is 0 Å². The lowest BCUT2D eigenvalue weighted by Crippen LogP contribution is -2.22. The third-order valence-electron chi connectivity index (χ3n) is 3.18. The Hall–Kier alpha value is -1.87. The van der Waals surface area contributed by atoms with E-state index in [1.165, 1.54) is 16.7 Å². The number of nitrogens with zero attached hydrogens (tertiary/aromatic N) is 1. The number of benzene rings is 1. The molecule has 1 aromatic carbocycles. The van der Waals surface area contributed by atoms with Gasteiger partial charge in [0.2, 0.25) is 0 Å². The van der Waals surface area contributed by atoms with Gasteiger partial charge in [-0.1, -0.05) is 43.2 Å². The van der Waals surface area contributed by atoms with Crippen LogP contribution in [0.15, 0.2) is 36.5 Å². The fraction of sp³-hybridized carbons (Fsp3) is 0.389. The summed E-state index contributed by atoms with van der Waals surface area (Å²) in [5.41, 5.74) is 4.75. The largest absolute Gasteiger partial charge is 0.487 e. The Bertz CT molecular complexity index is 556. The summed E-state index contributed by atoms with van der Waals surface area (Å²) in [6.07, 6.45) is 1.79. The van der Waals surface area contributed by atoms with E-state index in [0.717, 1.165) is 18.0 Å². The van der Waals surface area contributed by atoms with E-state index in [2.05, 4.69) is 56.2 Å². The Balaban J connectivity index is 1.91. The van der Waals surface area contributed by atoms with Crippen LogP contribution in [-0.4, -0.2) is 11.0 Å². The molecule has 0 unspecified atom stereocenters. The van der Waals surface area contributed by atoms with Crippen molar-refractivity contribution in [2.45, 2.75) is 46.9 Å². The van der Waals surface area contributed by atoms with E-state index in [-0.39, 0.29) is 0 Å². The third kappa shape index (κ3) is 5.20. The van der Waals surface area contributed by atoms with E-state index in [1.54, 1.807) is 6.20 Å². The molecule has 1 aromatic heterocycles. The average molecular weight is 284 g/mol. The molecular weight excluding hydrogens is 260 g/mol. The molecule has 112 valence electrons. The monoisotopic (exact) mass is 284 g/mol. The minimum Gasteiger partial charge on any atom is -0.487 e. The topological polar surface area (TPSA) is 34.1 Å². The zero-order valence-electron chi connectivity index (χ0n) is 13.3. The lowest BCUT2D eigenvalue weighted by atomic mass is 10.1. The van der Waals surface area contributed by atoms with Crippen LogP contribution in [0.2, 0.25) is 0 Å². The molecule has 0 saturated heterocycles. The normalized spacial score (nSPS) is 10.9. The summed E-state index contributed by atoms with van der Waals surface area (Å²) in [5.74, 6) is 0.808. The average Bonchev–Trinajstić information content (AvgIpc) is 2.43. The van der Waals surface area contributed by atoms with Crippen LogP contribution < -0.4 is 10.1 Å². The van der Waals surface area contributed by atoms with Crippen molar-refractivity contribution in [2.75, 3.05) is 0 Å². The van der Waals surface area contributed by atoms with Crippen molar-refractivity contribution in [2.24, 2.45) is 0 Å². The Labute approximate surface area is 127 Å². The first-order chi connectivity index (χ1) is 10.0. The van der Waals surface area contributed by atoms with E-state index in [0.29, 0.717) is 12.6 Å². The number of ether oxygens (including phenoxy) is 1. The van der Waals surface area contributed by atoms with E-state index in [4.69, 9.17) is 4.74 Å². The van der Waals surface area contributed by atoms with Crippen LogP contribution in [0.3, 0.4) is 0 Å². The van der Waals surface area contributed by atoms with Gasteiger partial charge in [0.15, 0.2) is 0 Å². The third-order valence-corrected chi connectivity index (χ3v) is 3.18. The molecular formula is C18H24N2O. The zero-order valence-corrected chi connectivity index (χ0v) is 13.3. The number of aromatic nitrogens is 1. The first kappa shape index (κ1) is 15.5. The number of aryl methyl sites for hydroxylation is 2. The summed E-state index contributed by atoms with van der Waals surface area (Å²) < 4.78 is 5.80. The van der Waals surface area contributed by atoms with Crippen molar-refractivity contribution in [3.05, 3.63) is 58.9 Å². The van der Waals surface area contributed by atoms with Crippen molar-refractivity contribution in [1.82, 2.24) is 10.3 Å². The van der Waals surface area contributed by atoms with Gasteiger partial charge in [-0.3, -0.25) is 4.98 Å². The van der Waals surface area contributed by atoms with Gasteiger partial charge in [-0.05, 0) is 31.5 Å². The number of nitrogens with one attached hydrogen (secondary N) is 1. The fourth-order valence-electron chi connectivity index (χ4n) is 2.23. The maximum absolute atomic E-state index is 5.80. The summed E-state index contributed by atoms with van der Waals surface area (Å²) in [6.45, 7) is 9.83. The minimum atomic E-state index is 0.465. The highest BCUT2D eigenvalue weighted by atomic mass is 16.5. The lowest BCUT2D eigenvalue weighted by Gasteiger charge is -2.10. The van der Waals surface area contributed by atoms with E-state index in [9.17, 15) is 0 Å². The second-order valence-corrected chi connectivity index (χ2v) is 5.81. The van der Waals surface area contributed by atoms with Gasteiger partial charge in [-0.2, -0.15) is 0 Å². The molecule has 0 spiro atoms. The van der Waals surface area contributed by atoms with Crippen LogP contribution in [0, 0.1) is 13.8 Å². The molecule has 21 heavy (non-hydrogen) atoms. The molecule has 0 fully saturated rings. The molecule has 2 rings (SSSR count). The zero-order chi connectivity index (χ0) is 15.2. The Morgan fingerprint density at radius 3 is 2.38 bits per heavy atom. The molecule has 0 aliphatic heterocycles. The van der Waals surface area contributed by atoms with Crippen molar-refractivity contribution in [3.8, 4) is 5.75 Å². The summed E-state index contributed by atoms with van der Waals surface area (Å²) in [5, 5.41) is 3.35. The molecule has 0 atom stereocenters. The van der Waals surface area contributed by atoms with Crippen LogP contribution in [-0.2, 0) is 13.2 Å². The molecule has 2 aromatic rings. The van der Waals surface area contributed by atoms with E-state index >= 15 is 0 Å². The van der Waals surface area contributed by atoms with Gasteiger partial charge in [-0.15, -0.1) is 0 Å².